The van der Waals surface area contributed by atoms with E-state index in [0.29, 0.717) is 6.04 Å². The fourth-order valence-corrected chi connectivity index (χ4v) is 5.60. The average Bonchev–Trinajstić information content (AvgIpc) is 3.09. The van der Waals surface area contributed by atoms with Crippen LogP contribution in [0.1, 0.15) is 66.4 Å². The highest BCUT2D eigenvalue weighted by atomic mass is 19.1. The molecular formula is C31H37FN2O2. The Hall–Kier alpha value is -2.89. The van der Waals surface area contributed by atoms with Gasteiger partial charge in [-0.3, -0.25) is 0 Å². The summed E-state index contributed by atoms with van der Waals surface area (Å²) in [6.45, 7) is 1.86. The summed E-state index contributed by atoms with van der Waals surface area (Å²) >= 11 is 0. The molecule has 4 nitrogen and oxygen atoms in total. The second-order valence-corrected chi connectivity index (χ2v) is 10.0. The van der Waals surface area contributed by atoms with E-state index in [2.05, 4.69) is 47.0 Å². The molecule has 0 spiro atoms. The van der Waals surface area contributed by atoms with E-state index in [1.807, 2.05) is 18.2 Å². The summed E-state index contributed by atoms with van der Waals surface area (Å²) in [5.41, 5.74) is 4.49. The van der Waals surface area contributed by atoms with E-state index in [0.717, 1.165) is 55.9 Å². The first-order valence-electron chi connectivity index (χ1n) is 13.3. The molecule has 0 amide bonds. The molecular weight excluding hydrogens is 451 g/mol. The summed E-state index contributed by atoms with van der Waals surface area (Å²) in [7, 11) is 1.70. The van der Waals surface area contributed by atoms with E-state index in [4.69, 9.17) is 9.47 Å². The lowest BCUT2D eigenvalue weighted by Gasteiger charge is -2.25. The maximum atomic E-state index is 14.7. The standard InChI is InChI=1S/C31H37FN2O2/c1-35-26-14-15-27-23(21-26)11-16-30(28-7-2-3-8-29(28)32)34-31(27)20-22-9-12-25(13-10-22)36-19-17-24-6-4-5-18-33-24/h2-3,7-10,12-15,21,24,30-31,33-34H,4-6,11,16-20H2,1H3. The summed E-state index contributed by atoms with van der Waals surface area (Å²) in [5.74, 6) is 1.63. The Labute approximate surface area is 214 Å². The van der Waals surface area contributed by atoms with Crippen molar-refractivity contribution in [1.82, 2.24) is 10.6 Å². The highest BCUT2D eigenvalue weighted by Gasteiger charge is 2.27. The van der Waals surface area contributed by atoms with E-state index >= 15 is 0 Å². The van der Waals surface area contributed by atoms with Crippen molar-refractivity contribution in [2.75, 3.05) is 20.3 Å². The van der Waals surface area contributed by atoms with Crippen LogP contribution in [0.15, 0.2) is 66.7 Å². The van der Waals surface area contributed by atoms with Crippen LogP contribution >= 0.6 is 0 Å². The van der Waals surface area contributed by atoms with Crippen molar-refractivity contribution < 1.29 is 13.9 Å². The van der Waals surface area contributed by atoms with Crippen LogP contribution in [0.2, 0.25) is 0 Å². The Balaban J connectivity index is 1.29. The largest absolute Gasteiger partial charge is 0.497 e. The molecule has 1 saturated heterocycles. The lowest BCUT2D eigenvalue weighted by molar-refractivity contribution is 0.268. The zero-order chi connectivity index (χ0) is 24.7. The number of piperidine rings is 1. The Kier molecular flexibility index (Phi) is 8.19. The average molecular weight is 489 g/mol. The number of hydrogen-bond acceptors (Lipinski definition) is 4. The fourth-order valence-electron chi connectivity index (χ4n) is 5.60. The van der Waals surface area contributed by atoms with Gasteiger partial charge < -0.3 is 20.1 Å². The first-order valence-corrected chi connectivity index (χ1v) is 13.3. The first kappa shape index (κ1) is 24.8. The van der Waals surface area contributed by atoms with Crippen molar-refractivity contribution in [1.29, 1.82) is 0 Å². The van der Waals surface area contributed by atoms with Gasteiger partial charge in [-0.2, -0.15) is 0 Å². The van der Waals surface area contributed by atoms with Gasteiger partial charge in [0.2, 0.25) is 0 Å². The molecule has 0 saturated carbocycles. The van der Waals surface area contributed by atoms with Crippen molar-refractivity contribution in [2.45, 2.75) is 63.1 Å². The van der Waals surface area contributed by atoms with Gasteiger partial charge in [-0.05, 0) is 92.1 Å². The van der Waals surface area contributed by atoms with Gasteiger partial charge in [-0.15, -0.1) is 0 Å². The van der Waals surface area contributed by atoms with E-state index < -0.39 is 0 Å². The molecule has 190 valence electrons. The molecule has 3 atom stereocenters. The number of halogens is 1. The Bertz CT molecular complexity index is 1130. The van der Waals surface area contributed by atoms with Gasteiger partial charge in [0, 0.05) is 23.7 Å². The molecule has 3 unspecified atom stereocenters. The highest BCUT2D eigenvalue weighted by molar-refractivity contribution is 5.40. The number of fused-ring (bicyclic) bond motifs is 1. The number of hydrogen-bond donors (Lipinski definition) is 2. The van der Waals surface area contributed by atoms with Gasteiger partial charge in [0.15, 0.2) is 0 Å². The molecule has 1 fully saturated rings. The van der Waals surface area contributed by atoms with Crippen molar-refractivity contribution >= 4 is 0 Å². The smallest absolute Gasteiger partial charge is 0.127 e. The molecule has 2 aliphatic heterocycles. The van der Waals surface area contributed by atoms with Gasteiger partial charge >= 0.3 is 0 Å². The van der Waals surface area contributed by atoms with E-state index in [-0.39, 0.29) is 17.9 Å². The van der Waals surface area contributed by atoms with Crippen LogP contribution in [-0.4, -0.2) is 26.3 Å². The van der Waals surface area contributed by atoms with Crippen molar-refractivity contribution in [3.05, 3.63) is 94.8 Å². The maximum absolute atomic E-state index is 14.7. The van der Waals surface area contributed by atoms with Gasteiger partial charge in [-0.25, -0.2) is 4.39 Å². The minimum absolute atomic E-state index is 0.0504. The van der Waals surface area contributed by atoms with Gasteiger partial charge in [-0.1, -0.05) is 42.8 Å². The minimum atomic E-state index is -0.151. The molecule has 2 aliphatic rings. The summed E-state index contributed by atoms with van der Waals surface area (Å²) in [4.78, 5) is 0. The van der Waals surface area contributed by atoms with E-state index in [9.17, 15) is 4.39 Å². The topological polar surface area (TPSA) is 42.5 Å². The van der Waals surface area contributed by atoms with Gasteiger partial charge in [0.25, 0.3) is 0 Å². The van der Waals surface area contributed by atoms with Crippen LogP contribution in [-0.2, 0) is 12.8 Å². The third-order valence-electron chi connectivity index (χ3n) is 7.62. The molecule has 3 aromatic rings. The normalized spacial score (nSPS) is 21.9. The number of ether oxygens (including phenoxy) is 2. The molecule has 0 aromatic heterocycles. The fraction of sp³-hybridized carbons (Fsp3) is 0.419. The molecule has 2 N–H and O–H groups in total. The zero-order valence-electron chi connectivity index (χ0n) is 21.1. The number of nitrogens with one attached hydrogen (secondary N) is 2. The second kappa shape index (κ2) is 11.9. The lowest BCUT2D eigenvalue weighted by atomic mass is 9.94. The molecule has 0 aliphatic carbocycles. The predicted octanol–water partition coefficient (Wildman–Crippen LogP) is 6.31. The maximum Gasteiger partial charge on any atom is 0.127 e. The summed E-state index contributed by atoms with van der Waals surface area (Å²) < 4.78 is 26.2. The lowest BCUT2D eigenvalue weighted by Crippen LogP contribution is -2.35. The summed E-state index contributed by atoms with van der Waals surface area (Å²) in [5, 5.41) is 7.36. The number of benzene rings is 3. The molecule has 3 aromatic carbocycles. The monoisotopic (exact) mass is 488 g/mol. The van der Waals surface area contributed by atoms with Crippen molar-refractivity contribution in [3.63, 3.8) is 0 Å². The minimum Gasteiger partial charge on any atom is -0.497 e. The molecule has 0 bridgehead atoms. The zero-order valence-corrected chi connectivity index (χ0v) is 21.1. The molecule has 0 radical (unpaired) electrons. The van der Waals surface area contributed by atoms with Crippen LogP contribution in [0.3, 0.4) is 0 Å². The van der Waals surface area contributed by atoms with Crippen molar-refractivity contribution in [3.8, 4) is 11.5 Å². The molecule has 36 heavy (non-hydrogen) atoms. The second-order valence-electron chi connectivity index (χ2n) is 10.0. The predicted molar refractivity (Wildman–Crippen MR) is 142 cm³/mol. The Morgan fingerprint density at radius 1 is 0.917 bits per heavy atom. The van der Waals surface area contributed by atoms with Crippen LogP contribution in [0, 0.1) is 5.82 Å². The third kappa shape index (κ3) is 6.08. The van der Waals surface area contributed by atoms with Crippen molar-refractivity contribution in [2.24, 2.45) is 0 Å². The summed E-state index contributed by atoms with van der Waals surface area (Å²) in [6, 6.07) is 22.5. The molecule has 5 rings (SSSR count). The Morgan fingerprint density at radius 3 is 2.53 bits per heavy atom. The first-order chi connectivity index (χ1) is 17.7. The molecule has 2 heterocycles. The number of methoxy groups -OCH3 is 1. The number of rotatable bonds is 8. The van der Waals surface area contributed by atoms with Crippen LogP contribution in [0.4, 0.5) is 4.39 Å². The quantitative estimate of drug-likeness (QED) is 0.390. The SMILES string of the molecule is COc1ccc2c(c1)CCC(c1ccccc1F)NC2Cc1ccc(OCCC2CCCCN2)cc1. The van der Waals surface area contributed by atoms with E-state index in [1.165, 1.54) is 36.0 Å². The van der Waals surface area contributed by atoms with Crippen LogP contribution in [0.25, 0.3) is 0 Å². The number of aryl methyl sites for hydroxylation is 1. The van der Waals surface area contributed by atoms with Gasteiger partial charge in [0.1, 0.15) is 17.3 Å². The molecule has 5 heteroatoms. The summed E-state index contributed by atoms with van der Waals surface area (Å²) in [6.07, 6.45) is 7.42. The highest BCUT2D eigenvalue weighted by Crippen LogP contribution is 2.35. The van der Waals surface area contributed by atoms with Crippen LogP contribution in [0.5, 0.6) is 11.5 Å². The third-order valence-corrected chi connectivity index (χ3v) is 7.62. The van der Waals surface area contributed by atoms with Gasteiger partial charge in [0.05, 0.1) is 13.7 Å². The van der Waals surface area contributed by atoms with E-state index in [1.54, 1.807) is 19.2 Å². The van der Waals surface area contributed by atoms with Crippen LogP contribution < -0.4 is 20.1 Å². The Morgan fingerprint density at radius 2 is 1.75 bits per heavy atom.